The summed E-state index contributed by atoms with van der Waals surface area (Å²) < 4.78 is 5.10. The molecule has 0 saturated carbocycles. The number of ether oxygens (including phenoxy) is 1. The van der Waals surface area contributed by atoms with Crippen molar-refractivity contribution in [1.29, 1.82) is 0 Å². The van der Waals surface area contributed by atoms with Crippen LogP contribution in [0, 0.1) is 5.92 Å². The maximum Gasteiger partial charge on any atom is 0.0873 e. The van der Waals surface area contributed by atoms with Gasteiger partial charge in [-0.2, -0.15) is 0 Å². The monoisotopic (exact) mass is 268 g/mol. The molecule has 1 nitrogen and oxygen atoms in total. The molecule has 0 N–H and O–H groups in total. The number of unbranched alkanes of at least 4 members (excludes halogenated alkanes) is 10. The Morgan fingerprint density at radius 2 is 1.16 bits per heavy atom. The predicted molar refractivity (Wildman–Crippen MR) is 86.4 cm³/mol. The molecule has 114 valence electrons. The summed E-state index contributed by atoms with van der Waals surface area (Å²) in [5, 5.41) is 0. The Labute approximate surface area is 121 Å². The average Bonchev–Trinajstić information content (AvgIpc) is 2.39. The summed E-state index contributed by atoms with van der Waals surface area (Å²) in [5.41, 5.74) is 0. The van der Waals surface area contributed by atoms with Crippen LogP contribution in [0.4, 0.5) is 0 Å². The van der Waals surface area contributed by atoms with Crippen LogP contribution in [-0.4, -0.2) is 6.61 Å². The lowest BCUT2D eigenvalue weighted by atomic mass is 10.0. The van der Waals surface area contributed by atoms with Crippen LogP contribution >= 0.6 is 0 Å². The Kier molecular flexibility index (Phi) is 15.2. The second-order valence-corrected chi connectivity index (χ2v) is 6.11. The normalized spacial score (nSPS) is 10.9. The van der Waals surface area contributed by atoms with E-state index in [4.69, 9.17) is 4.74 Å². The third-order valence-electron chi connectivity index (χ3n) is 3.66. The van der Waals surface area contributed by atoms with Gasteiger partial charge in [-0.3, -0.25) is 0 Å². The van der Waals surface area contributed by atoms with Crippen molar-refractivity contribution in [1.82, 2.24) is 0 Å². The van der Waals surface area contributed by atoms with Crippen LogP contribution in [-0.2, 0) is 4.74 Å². The van der Waals surface area contributed by atoms with Crippen molar-refractivity contribution in [2.75, 3.05) is 6.61 Å². The van der Waals surface area contributed by atoms with Gasteiger partial charge in [0.25, 0.3) is 0 Å². The van der Waals surface area contributed by atoms with Gasteiger partial charge in [0.1, 0.15) is 0 Å². The molecule has 0 bridgehead atoms. The Bertz CT molecular complexity index is 175. The molecule has 0 aliphatic carbocycles. The molecule has 0 heterocycles. The van der Waals surface area contributed by atoms with E-state index in [0.717, 1.165) is 12.5 Å². The lowest BCUT2D eigenvalue weighted by Gasteiger charge is -2.04. The quantitative estimate of drug-likeness (QED) is 0.244. The number of rotatable bonds is 15. The van der Waals surface area contributed by atoms with Gasteiger partial charge in [-0.05, 0) is 12.3 Å². The molecule has 0 aromatic carbocycles. The van der Waals surface area contributed by atoms with E-state index in [1.54, 1.807) is 6.26 Å². The molecule has 0 aromatic rings. The summed E-state index contributed by atoms with van der Waals surface area (Å²) in [6.45, 7) is 9.03. The van der Waals surface area contributed by atoms with Crippen LogP contribution in [0.1, 0.15) is 90.9 Å². The molecule has 19 heavy (non-hydrogen) atoms. The minimum atomic E-state index is 0.847. The van der Waals surface area contributed by atoms with Crippen LogP contribution in [0.25, 0.3) is 0 Å². The van der Waals surface area contributed by atoms with E-state index in [1.807, 2.05) is 0 Å². The van der Waals surface area contributed by atoms with E-state index in [9.17, 15) is 0 Å². The summed E-state index contributed by atoms with van der Waals surface area (Å²) in [6, 6.07) is 0. The Hall–Kier alpha value is -0.460. The summed E-state index contributed by atoms with van der Waals surface area (Å²) in [7, 11) is 0. The fourth-order valence-electron chi connectivity index (χ4n) is 2.41. The molecule has 0 amide bonds. The fraction of sp³-hybridized carbons (Fsp3) is 0.889. The lowest BCUT2D eigenvalue weighted by molar-refractivity contribution is 0.241. The van der Waals surface area contributed by atoms with Crippen molar-refractivity contribution in [3.8, 4) is 0 Å². The van der Waals surface area contributed by atoms with E-state index in [1.165, 1.54) is 77.0 Å². The smallest absolute Gasteiger partial charge is 0.0873 e. The van der Waals surface area contributed by atoms with Crippen molar-refractivity contribution in [2.45, 2.75) is 90.9 Å². The highest BCUT2D eigenvalue weighted by molar-refractivity contribution is 4.51. The van der Waals surface area contributed by atoms with E-state index in [2.05, 4.69) is 20.4 Å². The van der Waals surface area contributed by atoms with E-state index in [0.29, 0.717) is 0 Å². The first kappa shape index (κ1) is 18.5. The summed E-state index contributed by atoms with van der Waals surface area (Å²) in [4.78, 5) is 0. The van der Waals surface area contributed by atoms with Crippen LogP contribution in [0.5, 0.6) is 0 Å². The molecule has 0 radical (unpaired) electrons. The molecular weight excluding hydrogens is 232 g/mol. The third-order valence-corrected chi connectivity index (χ3v) is 3.66. The second kappa shape index (κ2) is 15.6. The summed E-state index contributed by atoms with van der Waals surface area (Å²) in [5.74, 6) is 0.886. The molecule has 0 aliphatic rings. The lowest BCUT2D eigenvalue weighted by Crippen LogP contribution is -1.88. The van der Waals surface area contributed by atoms with Crippen LogP contribution < -0.4 is 0 Å². The van der Waals surface area contributed by atoms with E-state index < -0.39 is 0 Å². The molecule has 0 rings (SSSR count). The molecular formula is C18H36O. The number of hydrogen-bond acceptors (Lipinski definition) is 1. The predicted octanol–water partition coefficient (Wildman–Crippen LogP) is 6.48. The minimum Gasteiger partial charge on any atom is -0.502 e. The largest absolute Gasteiger partial charge is 0.502 e. The zero-order chi connectivity index (χ0) is 14.2. The van der Waals surface area contributed by atoms with Gasteiger partial charge in [0.05, 0.1) is 12.9 Å². The first-order chi connectivity index (χ1) is 9.27. The van der Waals surface area contributed by atoms with Crippen molar-refractivity contribution >= 4 is 0 Å². The van der Waals surface area contributed by atoms with Crippen LogP contribution in [0.15, 0.2) is 12.8 Å². The van der Waals surface area contributed by atoms with Crippen molar-refractivity contribution < 1.29 is 4.74 Å². The van der Waals surface area contributed by atoms with Crippen LogP contribution in [0.2, 0.25) is 0 Å². The highest BCUT2D eigenvalue weighted by Crippen LogP contribution is 2.13. The minimum absolute atomic E-state index is 0.847. The van der Waals surface area contributed by atoms with Gasteiger partial charge >= 0.3 is 0 Å². The van der Waals surface area contributed by atoms with Crippen molar-refractivity contribution in [2.24, 2.45) is 5.92 Å². The second-order valence-electron chi connectivity index (χ2n) is 6.11. The Morgan fingerprint density at radius 3 is 1.58 bits per heavy atom. The maximum absolute atomic E-state index is 5.10. The topological polar surface area (TPSA) is 9.23 Å². The number of hydrogen-bond donors (Lipinski definition) is 0. The highest BCUT2D eigenvalue weighted by atomic mass is 16.5. The SMILES string of the molecule is C=COCCCCCCCCCCCCCC(C)C. The molecule has 1 heteroatoms. The third kappa shape index (κ3) is 17.5. The molecule has 0 atom stereocenters. The van der Waals surface area contributed by atoms with Crippen molar-refractivity contribution in [3.63, 3.8) is 0 Å². The van der Waals surface area contributed by atoms with Gasteiger partial charge in [0.15, 0.2) is 0 Å². The first-order valence-electron chi connectivity index (χ1n) is 8.50. The van der Waals surface area contributed by atoms with Crippen LogP contribution in [0.3, 0.4) is 0 Å². The van der Waals surface area contributed by atoms with Gasteiger partial charge in [-0.15, -0.1) is 0 Å². The fourth-order valence-corrected chi connectivity index (χ4v) is 2.41. The molecule has 0 fully saturated rings. The Morgan fingerprint density at radius 1 is 0.737 bits per heavy atom. The maximum atomic E-state index is 5.10. The Balaban J connectivity index is 2.93. The van der Waals surface area contributed by atoms with Gasteiger partial charge in [0.2, 0.25) is 0 Å². The zero-order valence-corrected chi connectivity index (χ0v) is 13.5. The first-order valence-corrected chi connectivity index (χ1v) is 8.50. The summed E-state index contributed by atoms with van der Waals surface area (Å²) in [6.07, 6.45) is 18.3. The molecule has 0 aliphatic heterocycles. The highest BCUT2D eigenvalue weighted by Gasteiger charge is 1.95. The zero-order valence-electron chi connectivity index (χ0n) is 13.5. The average molecular weight is 268 g/mol. The van der Waals surface area contributed by atoms with Gasteiger partial charge in [-0.1, -0.05) is 91.1 Å². The van der Waals surface area contributed by atoms with E-state index >= 15 is 0 Å². The standard InChI is InChI=1S/C18H36O/c1-4-19-17-15-13-11-9-7-5-6-8-10-12-14-16-18(2)3/h4,18H,1,5-17H2,2-3H3. The van der Waals surface area contributed by atoms with Gasteiger partial charge in [-0.25, -0.2) is 0 Å². The molecule has 0 saturated heterocycles. The van der Waals surface area contributed by atoms with Gasteiger partial charge in [0, 0.05) is 0 Å². The van der Waals surface area contributed by atoms with Crippen molar-refractivity contribution in [3.05, 3.63) is 12.8 Å². The molecule has 0 unspecified atom stereocenters. The molecule has 0 aromatic heterocycles. The summed E-state index contributed by atoms with van der Waals surface area (Å²) >= 11 is 0. The van der Waals surface area contributed by atoms with E-state index in [-0.39, 0.29) is 0 Å². The van der Waals surface area contributed by atoms with Gasteiger partial charge < -0.3 is 4.74 Å². The molecule has 0 spiro atoms.